The average molecular weight is 281 g/mol. The van der Waals surface area contributed by atoms with Gasteiger partial charge in [-0.15, -0.1) is 0 Å². The molecular weight excluding hydrogens is 268 g/mol. The summed E-state index contributed by atoms with van der Waals surface area (Å²) in [6, 6.07) is 10.3. The lowest BCUT2D eigenvalue weighted by molar-refractivity contribution is 0.107. The van der Waals surface area contributed by atoms with Crippen LogP contribution in [0.15, 0.2) is 47.3 Å². The maximum atomic E-state index is 5.57. The summed E-state index contributed by atoms with van der Waals surface area (Å²) >= 11 is 3.42. The SMILES string of the molecule is BrCc1ccc(COCc2ccoc2)cc1. The van der Waals surface area contributed by atoms with Crippen molar-refractivity contribution in [3.8, 4) is 0 Å². The van der Waals surface area contributed by atoms with E-state index in [1.165, 1.54) is 11.1 Å². The van der Waals surface area contributed by atoms with Gasteiger partial charge in [0, 0.05) is 10.9 Å². The van der Waals surface area contributed by atoms with E-state index < -0.39 is 0 Å². The van der Waals surface area contributed by atoms with Gasteiger partial charge in [0.1, 0.15) is 0 Å². The summed E-state index contributed by atoms with van der Waals surface area (Å²) in [7, 11) is 0. The molecule has 84 valence electrons. The highest BCUT2D eigenvalue weighted by molar-refractivity contribution is 9.08. The zero-order valence-corrected chi connectivity index (χ0v) is 10.4. The Morgan fingerprint density at radius 3 is 2.25 bits per heavy atom. The first-order valence-electron chi connectivity index (χ1n) is 5.11. The number of hydrogen-bond acceptors (Lipinski definition) is 2. The summed E-state index contributed by atoms with van der Waals surface area (Å²) in [5.41, 5.74) is 3.53. The average Bonchev–Trinajstić information content (AvgIpc) is 2.83. The van der Waals surface area contributed by atoms with E-state index in [0.717, 1.165) is 10.9 Å². The molecule has 1 heterocycles. The largest absolute Gasteiger partial charge is 0.472 e. The molecule has 1 aromatic heterocycles. The fourth-order valence-corrected chi connectivity index (χ4v) is 1.76. The molecule has 0 aliphatic carbocycles. The van der Waals surface area contributed by atoms with E-state index in [1.54, 1.807) is 12.5 Å². The topological polar surface area (TPSA) is 22.4 Å². The number of halogens is 1. The molecule has 0 spiro atoms. The van der Waals surface area contributed by atoms with Crippen LogP contribution in [0.4, 0.5) is 0 Å². The molecule has 2 aromatic rings. The zero-order valence-electron chi connectivity index (χ0n) is 8.86. The second-order valence-electron chi connectivity index (χ2n) is 3.57. The summed E-state index contributed by atoms with van der Waals surface area (Å²) < 4.78 is 10.5. The molecule has 0 radical (unpaired) electrons. The van der Waals surface area contributed by atoms with E-state index in [9.17, 15) is 0 Å². The molecule has 1 aromatic carbocycles. The molecule has 0 fully saturated rings. The van der Waals surface area contributed by atoms with Crippen LogP contribution in [0.2, 0.25) is 0 Å². The Hall–Kier alpha value is -1.06. The number of alkyl halides is 1. The van der Waals surface area contributed by atoms with E-state index >= 15 is 0 Å². The first-order valence-corrected chi connectivity index (χ1v) is 6.23. The highest BCUT2D eigenvalue weighted by atomic mass is 79.9. The van der Waals surface area contributed by atoms with Gasteiger partial charge in [0.25, 0.3) is 0 Å². The van der Waals surface area contributed by atoms with E-state index in [0.29, 0.717) is 13.2 Å². The van der Waals surface area contributed by atoms with Crippen LogP contribution in [0.1, 0.15) is 16.7 Å². The predicted octanol–water partition coefficient (Wildman–Crippen LogP) is 3.89. The van der Waals surface area contributed by atoms with Gasteiger partial charge >= 0.3 is 0 Å². The van der Waals surface area contributed by atoms with E-state index in [-0.39, 0.29) is 0 Å². The molecule has 16 heavy (non-hydrogen) atoms. The lowest BCUT2D eigenvalue weighted by Gasteiger charge is -2.03. The first kappa shape index (κ1) is 11.4. The number of benzene rings is 1. The van der Waals surface area contributed by atoms with E-state index in [4.69, 9.17) is 9.15 Å². The third-order valence-electron chi connectivity index (χ3n) is 2.29. The summed E-state index contributed by atoms with van der Waals surface area (Å²) in [5, 5.41) is 0.892. The van der Waals surface area contributed by atoms with Crippen LogP contribution in [0.3, 0.4) is 0 Å². The van der Waals surface area contributed by atoms with Gasteiger partial charge in [-0.25, -0.2) is 0 Å². The van der Waals surface area contributed by atoms with Crippen LogP contribution in [0.5, 0.6) is 0 Å². The zero-order chi connectivity index (χ0) is 11.2. The molecule has 3 heteroatoms. The molecule has 0 N–H and O–H groups in total. The standard InChI is InChI=1S/C13H13BrO2/c14-7-11-1-3-12(4-2-11)8-16-10-13-5-6-15-9-13/h1-6,9H,7-8,10H2. The van der Waals surface area contributed by atoms with Gasteiger partial charge in [-0.3, -0.25) is 0 Å². The van der Waals surface area contributed by atoms with Gasteiger partial charge in [0.15, 0.2) is 0 Å². The maximum absolute atomic E-state index is 5.57. The lowest BCUT2D eigenvalue weighted by Crippen LogP contribution is -1.93. The lowest BCUT2D eigenvalue weighted by atomic mass is 10.2. The minimum Gasteiger partial charge on any atom is -0.472 e. The van der Waals surface area contributed by atoms with Crippen molar-refractivity contribution in [2.24, 2.45) is 0 Å². The summed E-state index contributed by atoms with van der Waals surface area (Å²) in [6.45, 7) is 1.23. The van der Waals surface area contributed by atoms with Crippen LogP contribution in [-0.2, 0) is 23.3 Å². The Balaban J connectivity index is 1.81. The van der Waals surface area contributed by atoms with Crippen LogP contribution in [0, 0.1) is 0 Å². The van der Waals surface area contributed by atoms with Crippen LogP contribution >= 0.6 is 15.9 Å². The molecule has 0 bridgehead atoms. The molecule has 0 unspecified atom stereocenters. The van der Waals surface area contributed by atoms with Crippen molar-refractivity contribution in [1.29, 1.82) is 0 Å². The molecular formula is C13H13BrO2. The predicted molar refractivity (Wildman–Crippen MR) is 66.3 cm³/mol. The van der Waals surface area contributed by atoms with Crippen molar-refractivity contribution in [2.45, 2.75) is 18.5 Å². The van der Waals surface area contributed by atoms with Crippen molar-refractivity contribution < 1.29 is 9.15 Å². The molecule has 0 aliphatic rings. The van der Waals surface area contributed by atoms with Gasteiger partial charge < -0.3 is 9.15 Å². The molecule has 2 rings (SSSR count). The van der Waals surface area contributed by atoms with Gasteiger partial charge in [0.05, 0.1) is 25.7 Å². The van der Waals surface area contributed by atoms with Crippen molar-refractivity contribution >= 4 is 15.9 Å². The van der Waals surface area contributed by atoms with Gasteiger partial charge in [-0.05, 0) is 17.2 Å². The first-order chi connectivity index (χ1) is 7.88. The number of hydrogen-bond donors (Lipinski definition) is 0. The number of ether oxygens (including phenoxy) is 1. The third-order valence-corrected chi connectivity index (χ3v) is 2.94. The third kappa shape index (κ3) is 3.22. The smallest absolute Gasteiger partial charge is 0.0957 e. The molecule has 0 saturated heterocycles. The second kappa shape index (κ2) is 5.87. The number of rotatable bonds is 5. The Kier molecular flexibility index (Phi) is 4.19. The minimum atomic E-state index is 0.594. The quantitative estimate of drug-likeness (QED) is 0.776. The van der Waals surface area contributed by atoms with Crippen LogP contribution in [0.25, 0.3) is 0 Å². The molecule has 0 saturated carbocycles. The summed E-state index contributed by atoms with van der Waals surface area (Å²) in [6.07, 6.45) is 3.36. The van der Waals surface area contributed by atoms with Crippen molar-refractivity contribution in [3.63, 3.8) is 0 Å². The van der Waals surface area contributed by atoms with Gasteiger partial charge in [-0.2, -0.15) is 0 Å². The molecule has 2 nitrogen and oxygen atoms in total. The fourth-order valence-electron chi connectivity index (χ4n) is 1.39. The van der Waals surface area contributed by atoms with Crippen LogP contribution in [-0.4, -0.2) is 0 Å². The van der Waals surface area contributed by atoms with Crippen molar-refractivity contribution in [3.05, 3.63) is 59.5 Å². The summed E-state index contributed by atoms with van der Waals surface area (Å²) in [4.78, 5) is 0. The van der Waals surface area contributed by atoms with Crippen LogP contribution < -0.4 is 0 Å². The van der Waals surface area contributed by atoms with E-state index in [2.05, 4.69) is 40.2 Å². The molecule has 0 amide bonds. The maximum Gasteiger partial charge on any atom is 0.0957 e. The fraction of sp³-hybridized carbons (Fsp3) is 0.231. The minimum absolute atomic E-state index is 0.594. The second-order valence-corrected chi connectivity index (χ2v) is 4.14. The number of furan rings is 1. The van der Waals surface area contributed by atoms with Crippen molar-refractivity contribution in [2.75, 3.05) is 0 Å². The van der Waals surface area contributed by atoms with E-state index in [1.807, 2.05) is 6.07 Å². The summed E-state index contributed by atoms with van der Waals surface area (Å²) in [5.74, 6) is 0. The molecule has 0 atom stereocenters. The highest BCUT2D eigenvalue weighted by Crippen LogP contribution is 2.10. The Labute approximate surface area is 103 Å². The molecule has 0 aliphatic heterocycles. The Bertz CT molecular complexity index is 406. The monoisotopic (exact) mass is 280 g/mol. The highest BCUT2D eigenvalue weighted by Gasteiger charge is 1.96. The van der Waals surface area contributed by atoms with Gasteiger partial charge in [-0.1, -0.05) is 40.2 Å². The Morgan fingerprint density at radius 1 is 0.938 bits per heavy atom. The van der Waals surface area contributed by atoms with Gasteiger partial charge in [0.2, 0.25) is 0 Å². The Morgan fingerprint density at radius 2 is 1.62 bits per heavy atom. The van der Waals surface area contributed by atoms with Crippen molar-refractivity contribution in [1.82, 2.24) is 0 Å². The normalized spacial score (nSPS) is 10.6.